The molecule has 0 N–H and O–H groups in total. The van der Waals surface area contributed by atoms with Crippen molar-refractivity contribution in [3.63, 3.8) is 0 Å². The highest BCUT2D eigenvalue weighted by Crippen LogP contribution is 2.17. The molecule has 4 rings (SSSR count). The van der Waals surface area contributed by atoms with E-state index in [1.807, 2.05) is 109 Å². The van der Waals surface area contributed by atoms with Crippen LogP contribution in [0.1, 0.15) is 22.3 Å². The Morgan fingerprint density at radius 1 is 0.469 bits per heavy atom. The molecule has 0 atom stereocenters. The van der Waals surface area contributed by atoms with Crippen molar-refractivity contribution in [3.8, 4) is 11.5 Å². The quantitative estimate of drug-likeness (QED) is 0.305. The van der Waals surface area contributed by atoms with Gasteiger partial charge in [-0.25, -0.2) is 0 Å². The summed E-state index contributed by atoms with van der Waals surface area (Å²) in [5.74, 6) is 1.79. The highest BCUT2D eigenvalue weighted by Gasteiger charge is 2.07. The number of carbonyl (C=O) groups is 1. The van der Waals surface area contributed by atoms with Gasteiger partial charge < -0.3 is 9.47 Å². The molecule has 0 saturated carbocycles. The molecule has 0 aliphatic heterocycles. The highest BCUT2D eigenvalue weighted by molar-refractivity contribution is 5.83. The largest absolute Gasteiger partial charge is 0.489 e. The van der Waals surface area contributed by atoms with Gasteiger partial charge >= 0.3 is 0 Å². The zero-order chi connectivity index (χ0) is 22.0. The summed E-state index contributed by atoms with van der Waals surface area (Å²) in [5, 5.41) is 0. The number of carbonyl (C=O) groups excluding carboxylic acids is 1. The van der Waals surface area contributed by atoms with Gasteiger partial charge in [-0.1, -0.05) is 84.9 Å². The third kappa shape index (κ3) is 6.58. The normalized spacial score (nSPS) is 10.5. The fourth-order valence-electron chi connectivity index (χ4n) is 3.41. The maximum absolute atomic E-state index is 12.5. The molecule has 3 nitrogen and oxygen atoms in total. The Bertz CT molecular complexity index is 1010. The van der Waals surface area contributed by atoms with Crippen molar-refractivity contribution in [1.29, 1.82) is 0 Å². The van der Waals surface area contributed by atoms with Crippen LogP contribution in [0.4, 0.5) is 0 Å². The third-order valence-electron chi connectivity index (χ3n) is 5.15. The molecule has 4 aromatic carbocycles. The summed E-state index contributed by atoms with van der Waals surface area (Å²) >= 11 is 0. The minimum atomic E-state index is 0.181. The number of hydrogen-bond donors (Lipinski definition) is 0. The lowest BCUT2D eigenvalue weighted by Crippen LogP contribution is -2.06. The Balaban J connectivity index is 1.23. The monoisotopic (exact) mass is 422 g/mol. The highest BCUT2D eigenvalue weighted by atomic mass is 16.5. The van der Waals surface area contributed by atoms with E-state index >= 15 is 0 Å². The lowest BCUT2D eigenvalue weighted by atomic mass is 10.0. The van der Waals surface area contributed by atoms with Gasteiger partial charge in [0.25, 0.3) is 0 Å². The predicted octanol–water partition coefficient (Wildman–Crippen LogP) is 6.20. The molecule has 3 heteroatoms. The summed E-state index contributed by atoms with van der Waals surface area (Å²) in [6.07, 6.45) is 0.816. The summed E-state index contributed by atoms with van der Waals surface area (Å²) in [5.41, 5.74) is 4.24. The second-order valence-electron chi connectivity index (χ2n) is 7.73. The van der Waals surface area contributed by atoms with E-state index in [-0.39, 0.29) is 5.78 Å². The van der Waals surface area contributed by atoms with Crippen molar-refractivity contribution in [1.82, 2.24) is 0 Å². The molecule has 0 amide bonds. The average molecular weight is 423 g/mol. The lowest BCUT2D eigenvalue weighted by molar-refractivity contribution is -0.117. The second-order valence-corrected chi connectivity index (χ2v) is 7.73. The zero-order valence-electron chi connectivity index (χ0n) is 17.9. The standard InChI is InChI=1S/C29H26O3/c30-27(19-23-11-15-28(16-12-23)31-21-25-7-3-1-4-8-25)20-24-13-17-29(18-14-24)32-22-26-9-5-2-6-10-26/h1-18H,19-22H2. The summed E-state index contributed by atoms with van der Waals surface area (Å²) in [7, 11) is 0. The molecule has 160 valence electrons. The molecule has 0 heterocycles. The van der Waals surface area contributed by atoms with Crippen LogP contribution in [0.3, 0.4) is 0 Å². The van der Waals surface area contributed by atoms with E-state index in [2.05, 4.69) is 0 Å². The van der Waals surface area contributed by atoms with Gasteiger partial charge in [-0.15, -0.1) is 0 Å². The predicted molar refractivity (Wildman–Crippen MR) is 127 cm³/mol. The van der Waals surface area contributed by atoms with Crippen molar-refractivity contribution in [2.24, 2.45) is 0 Å². The van der Waals surface area contributed by atoms with Crippen LogP contribution in [-0.4, -0.2) is 5.78 Å². The Morgan fingerprint density at radius 3 is 1.22 bits per heavy atom. The van der Waals surface area contributed by atoms with E-state index in [4.69, 9.17) is 9.47 Å². The molecule has 0 bridgehead atoms. The van der Waals surface area contributed by atoms with Crippen LogP contribution in [-0.2, 0) is 30.8 Å². The van der Waals surface area contributed by atoms with E-state index < -0.39 is 0 Å². The zero-order valence-corrected chi connectivity index (χ0v) is 17.9. The van der Waals surface area contributed by atoms with Crippen molar-refractivity contribution in [3.05, 3.63) is 131 Å². The van der Waals surface area contributed by atoms with Gasteiger partial charge in [0.15, 0.2) is 0 Å². The first-order valence-corrected chi connectivity index (χ1v) is 10.8. The first-order chi connectivity index (χ1) is 15.7. The van der Waals surface area contributed by atoms with E-state index in [9.17, 15) is 4.79 Å². The fraction of sp³-hybridized carbons (Fsp3) is 0.138. The molecule has 0 aromatic heterocycles. The number of ketones is 1. The second kappa shape index (κ2) is 11.0. The summed E-state index contributed by atoms with van der Waals surface area (Å²) in [6, 6.07) is 35.6. The summed E-state index contributed by atoms with van der Waals surface area (Å²) in [6.45, 7) is 1.06. The summed E-state index contributed by atoms with van der Waals surface area (Å²) in [4.78, 5) is 12.5. The molecular formula is C29H26O3. The van der Waals surface area contributed by atoms with Gasteiger partial charge in [-0.2, -0.15) is 0 Å². The van der Waals surface area contributed by atoms with Crippen molar-refractivity contribution in [2.45, 2.75) is 26.1 Å². The number of rotatable bonds is 10. The molecule has 4 aromatic rings. The lowest BCUT2D eigenvalue weighted by Gasteiger charge is -2.08. The number of benzene rings is 4. The topological polar surface area (TPSA) is 35.5 Å². The summed E-state index contributed by atoms with van der Waals surface area (Å²) < 4.78 is 11.6. The smallest absolute Gasteiger partial charge is 0.141 e. The van der Waals surface area contributed by atoms with Crippen LogP contribution in [0.25, 0.3) is 0 Å². The molecule has 0 fully saturated rings. The van der Waals surface area contributed by atoms with Gasteiger partial charge in [0.1, 0.15) is 30.5 Å². The van der Waals surface area contributed by atoms with E-state index in [0.717, 1.165) is 33.8 Å². The Labute approximate surface area is 189 Å². The molecule has 0 aliphatic carbocycles. The maximum atomic E-state index is 12.5. The van der Waals surface area contributed by atoms with Crippen LogP contribution >= 0.6 is 0 Å². The van der Waals surface area contributed by atoms with Crippen molar-refractivity contribution in [2.75, 3.05) is 0 Å². The third-order valence-corrected chi connectivity index (χ3v) is 5.15. The molecule has 0 aliphatic rings. The minimum absolute atomic E-state index is 0.181. The first kappa shape index (κ1) is 21.4. The molecule has 32 heavy (non-hydrogen) atoms. The van der Waals surface area contributed by atoms with E-state index in [1.165, 1.54) is 0 Å². The van der Waals surface area contributed by atoms with Gasteiger partial charge in [0, 0.05) is 12.8 Å². The van der Waals surface area contributed by atoms with Crippen LogP contribution < -0.4 is 9.47 Å². The van der Waals surface area contributed by atoms with Gasteiger partial charge in [-0.3, -0.25) is 4.79 Å². The Kier molecular flexibility index (Phi) is 7.33. The van der Waals surface area contributed by atoms with Gasteiger partial charge in [0.2, 0.25) is 0 Å². The average Bonchev–Trinajstić information content (AvgIpc) is 2.84. The SMILES string of the molecule is O=C(Cc1ccc(OCc2ccccc2)cc1)Cc1ccc(OCc2ccccc2)cc1. The Morgan fingerprint density at radius 2 is 0.844 bits per heavy atom. The molecule has 0 saturated heterocycles. The van der Waals surface area contributed by atoms with Crippen LogP contribution in [0.2, 0.25) is 0 Å². The number of hydrogen-bond acceptors (Lipinski definition) is 3. The van der Waals surface area contributed by atoms with Gasteiger partial charge in [0.05, 0.1) is 0 Å². The van der Waals surface area contributed by atoms with E-state index in [0.29, 0.717) is 26.1 Å². The van der Waals surface area contributed by atoms with Crippen molar-refractivity contribution < 1.29 is 14.3 Å². The fourth-order valence-corrected chi connectivity index (χ4v) is 3.41. The van der Waals surface area contributed by atoms with Gasteiger partial charge in [-0.05, 0) is 46.5 Å². The Hall–Kier alpha value is -3.85. The molecule has 0 radical (unpaired) electrons. The maximum Gasteiger partial charge on any atom is 0.141 e. The molecule has 0 spiro atoms. The van der Waals surface area contributed by atoms with Crippen LogP contribution in [0.15, 0.2) is 109 Å². The van der Waals surface area contributed by atoms with E-state index in [1.54, 1.807) is 0 Å². The van der Waals surface area contributed by atoms with Crippen molar-refractivity contribution >= 4 is 5.78 Å². The first-order valence-electron chi connectivity index (χ1n) is 10.8. The number of ether oxygens (including phenoxy) is 2. The van der Waals surface area contributed by atoms with Crippen LogP contribution in [0, 0.1) is 0 Å². The molecular weight excluding hydrogens is 396 g/mol. The number of Topliss-reactive ketones (excluding diaryl/α,β-unsaturated/α-hetero) is 1. The molecule has 0 unspecified atom stereocenters. The van der Waals surface area contributed by atoms with Crippen LogP contribution in [0.5, 0.6) is 11.5 Å². The minimum Gasteiger partial charge on any atom is -0.489 e.